The standard InChI is InChI=1S/C59H86O18/c1-27-15-33-7-9-38-28(2)16-35(64-38)11-13-57-24-37(62)55(77-57)45-21-47(73-57)56-39(67-45)10-8-34(66-56)17-50(63)71-54-32(6)53-44(68-43(54)18-40(65-33)31(27)5)20-42-48(70-53)25-59(72-42)26-49-52(76-59)30(4)23-58(75-49)22-29(3)51-46(74-58)19-41(69-51)36(61)12-14-60/h27,29-30,32-49,51-56,60-62H,2,5,7-26H2,1,3-4,6H3/t27-,29+,30+,32+,33+,34-,35+,36+,37?,38+,39+,40-,41+,42-,43+,44+,45-,46+,47-,48-,49+,51+,52+,53+,54-,55+,56+,57-,58-,59+/m1/s1. The lowest BCUT2D eigenvalue weighted by Crippen LogP contribution is -2.61. The molecule has 14 heterocycles. The number of fused-ring (bicyclic) bond motifs is 13. The number of ether oxygens (including phenoxy) is 14. The third-order valence-electron chi connectivity index (χ3n) is 21.3. The second-order valence-electron chi connectivity index (χ2n) is 26.8. The van der Waals surface area contributed by atoms with Gasteiger partial charge in [0.15, 0.2) is 17.4 Å². The summed E-state index contributed by atoms with van der Waals surface area (Å²) in [6.45, 7) is 17.7. The second kappa shape index (κ2) is 20.3. The first-order chi connectivity index (χ1) is 37.0. The molecule has 18 nitrogen and oxygen atoms in total. The molecule has 30 atom stereocenters. The lowest BCUT2D eigenvalue weighted by atomic mass is 9.79. The van der Waals surface area contributed by atoms with Gasteiger partial charge in [-0.15, -0.1) is 0 Å². The largest absolute Gasteiger partial charge is 0.459 e. The van der Waals surface area contributed by atoms with Gasteiger partial charge < -0.3 is 81.6 Å². The molecule has 0 saturated carbocycles. The van der Waals surface area contributed by atoms with Crippen LogP contribution in [-0.4, -0.2) is 186 Å². The highest BCUT2D eigenvalue weighted by Crippen LogP contribution is 2.57. The molecular weight excluding hydrogens is 997 g/mol. The maximum atomic E-state index is 14.5. The van der Waals surface area contributed by atoms with Crippen molar-refractivity contribution in [3.63, 3.8) is 0 Å². The van der Waals surface area contributed by atoms with Crippen LogP contribution in [0.5, 0.6) is 0 Å². The molecule has 3 N–H and O–H groups in total. The summed E-state index contributed by atoms with van der Waals surface area (Å²) < 4.78 is 96.2. The molecule has 14 aliphatic heterocycles. The van der Waals surface area contributed by atoms with E-state index in [0.29, 0.717) is 83.5 Å². The van der Waals surface area contributed by atoms with Gasteiger partial charge in [-0.1, -0.05) is 40.9 Å². The highest BCUT2D eigenvalue weighted by Gasteiger charge is 2.66. The summed E-state index contributed by atoms with van der Waals surface area (Å²) in [5, 5.41) is 31.5. The molecule has 3 spiro atoms. The molecule has 14 saturated heterocycles. The van der Waals surface area contributed by atoms with Crippen molar-refractivity contribution in [3.8, 4) is 0 Å². The van der Waals surface area contributed by atoms with Gasteiger partial charge in [0.1, 0.15) is 18.3 Å². The second-order valence-corrected chi connectivity index (χ2v) is 26.8. The fourth-order valence-electron chi connectivity index (χ4n) is 17.6. The summed E-state index contributed by atoms with van der Waals surface area (Å²) in [5.41, 5.74) is 2.12. The van der Waals surface area contributed by atoms with Gasteiger partial charge in [-0.25, -0.2) is 0 Å². The highest BCUT2D eigenvalue weighted by atomic mass is 16.8. The van der Waals surface area contributed by atoms with Crippen molar-refractivity contribution in [2.45, 2.75) is 307 Å². The van der Waals surface area contributed by atoms with Gasteiger partial charge in [-0.2, -0.15) is 0 Å². The maximum Gasteiger partial charge on any atom is 0.308 e. The summed E-state index contributed by atoms with van der Waals surface area (Å²) in [4.78, 5) is 14.5. The number of carbonyl (C=O) groups is 1. The van der Waals surface area contributed by atoms with Crippen LogP contribution in [0.2, 0.25) is 0 Å². The smallest absolute Gasteiger partial charge is 0.308 e. The van der Waals surface area contributed by atoms with Crippen molar-refractivity contribution >= 4 is 5.97 Å². The van der Waals surface area contributed by atoms with Crippen molar-refractivity contribution in [1.29, 1.82) is 0 Å². The average molecular weight is 1080 g/mol. The lowest BCUT2D eigenvalue weighted by molar-refractivity contribution is -0.347. The Morgan fingerprint density at radius 2 is 1.19 bits per heavy atom. The molecule has 0 amide bonds. The number of aliphatic hydroxyl groups is 3. The van der Waals surface area contributed by atoms with Gasteiger partial charge in [-0.3, -0.25) is 4.79 Å². The molecule has 1 unspecified atom stereocenters. The minimum absolute atomic E-state index is 0.0297. The first kappa shape index (κ1) is 53.3. The third-order valence-corrected chi connectivity index (χ3v) is 21.3. The zero-order valence-electron chi connectivity index (χ0n) is 45.6. The van der Waals surface area contributed by atoms with Crippen molar-refractivity contribution in [1.82, 2.24) is 0 Å². The topological polar surface area (TPSA) is 207 Å². The van der Waals surface area contributed by atoms with Crippen LogP contribution in [-0.2, 0) is 71.1 Å². The first-order valence-electron chi connectivity index (χ1n) is 30.2. The Morgan fingerprint density at radius 1 is 0.532 bits per heavy atom. The highest BCUT2D eigenvalue weighted by molar-refractivity contribution is 5.70. The fraction of sp³-hybridized carbons (Fsp3) is 0.915. The Hall–Kier alpha value is -1.69. The van der Waals surface area contributed by atoms with Gasteiger partial charge >= 0.3 is 5.97 Å². The molecule has 14 aliphatic rings. The third kappa shape index (κ3) is 9.68. The van der Waals surface area contributed by atoms with Crippen LogP contribution >= 0.6 is 0 Å². The van der Waals surface area contributed by atoms with E-state index in [9.17, 15) is 20.1 Å². The average Bonchev–Trinajstić information content (AvgIpc) is 4.41. The Bertz CT molecular complexity index is 2230. The van der Waals surface area contributed by atoms with Crippen LogP contribution in [0.1, 0.15) is 150 Å². The SMILES string of the molecule is C=C1C[C@@H]2CC[C@]34CC(O)[C@H](O3)[C@H]3C[C@@H](O4)[C@H]4O[C@H](CC[C@@H]4O3)CC(=O)O[C@@H]3[C@@H](C)[C@@H]4O[C@@H]5C[C@]6(C[C@@H]7O[C@]8(C[C@H](C)[C@@H]9O[C@H]([C@@H](O)CCO)C[C@@H]9O8)C[C@H](C)[C@@H]7O6)O[C@@H]5C[C@@H]4O[C@H]3C[C@H]3O[C@@H](CC[C@@H]1O2)C[C@@H](C)C3=C. The molecule has 18 heteroatoms. The van der Waals surface area contributed by atoms with Crippen molar-refractivity contribution in [2.24, 2.45) is 23.7 Å². The molecule has 0 aliphatic carbocycles. The number of carbonyl (C=O) groups excluding carboxylic acids is 1. The molecule has 14 fully saturated rings. The van der Waals surface area contributed by atoms with Crippen LogP contribution < -0.4 is 0 Å². The maximum absolute atomic E-state index is 14.5. The van der Waals surface area contributed by atoms with Gasteiger partial charge in [0.05, 0.1) is 129 Å². The van der Waals surface area contributed by atoms with Gasteiger partial charge in [-0.05, 0) is 80.3 Å². The molecule has 0 radical (unpaired) electrons. The van der Waals surface area contributed by atoms with Crippen LogP contribution in [0.15, 0.2) is 24.3 Å². The predicted octanol–water partition coefficient (Wildman–Crippen LogP) is 5.55. The molecule has 10 bridgehead atoms. The summed E-state index contributed by atoms with van der Waals surface area (Å²) in [5.74, 6) is -2.79. The Labute approximate surface area is 453 Å². The molecule has 0 aromatic carbocycles. The van der Waals surface area contributed by atoms with E-state index >= 15 is 0 Å². The van der Waals surface area contributed by atoms with E-state index in [1.807, 2.05) is 0 Å². The quantitative estimate of drug-likeness (QED) is 0.234. The Balaban J connectivity index is 0.689. The monoisotopic (exact) mass is 1080 g/mol. The molecule has 14 rings (SSSR count). The number of hydrogen-bond acceptors (Lipinski definition) is 18. The number of rotatable bonds is 3. The van der Waals surface area contributed by atoms with E-state index in [4.69, 9.17) is 66.3 Å². The van der Waals surface area contributed by atoms with Crippen LogP contribution in [0.25, 0.3) is 0 Å². The Kier molecular flexibility index (Phi) is 14.0. The van der Waals surface area contributed by atoms with E-state index in [1.54, 1.807) is 0 Å². The minimum atomic E-state index is -0.992. The lowest BCUT2D eigenvalue weighted by Gasteiger charge is -2.50. The fourth-order valence-corrected chi connectivity index (χ4v) is 17.6. The molecule has 430 valence electrons. The molecular formula is C59H86O18. The molecule has 0 aromatic rings. The summed E-state index contributed by atoms with van der Waals surface area (Å²) in [7, 11) is 0. The van der Waals surface area contributed by atoms with Gasteiger partial charge in [0.2, 0.25) is 0 Å². The molecule has 77 heavy (non-hydrogen) atoms. The van der Waals surface area contributed by atoms with Crippen molar-refractivity contribution < 1.29 is 86.4 Å². The number of hydrogen-bond donors (Lipinski definition) is 3. The van der Waals surface area contributed by atoms with E-state index < -0.39 is 60.1 Å². The van der Waals surface area contributed by atoms with Crippen molar-refractivity contribution in [2.75, 3.05) is 6.61 Å². The van der Waals surface area contributed by atoms with Crippen LogP contribution in [0.3, 0.4) is 0 Å². The summed E-state index contributed by atoms with van der Waals surface area (Å²) in [6, 6.07) is 0. The Morgan fingerprint density at radius 3 is 2.04 bits per heavy atom. The normalized spacial score (nSPS) is 56.6. The summed E-state index contributed by atoms with van der Waals surface area (Å²) in [6.07, 6.45) is 3.41. The van der Waals surface area contributed by atoms with Crippen LogP contribution in [0.4, 0.5) is 0 Å². The van der Waals surface area contributed by atoms with Crippen molar-refractivity contribution in [3.05, 3.63) is 24.3 Å². The minimum Gasteiger partial charge on any atom is -0.459 e. The van der Waals surface area contributed by atoms with Gasteiger partial charge in [0.25, 0.3) is 0 Å². The van der Waals surface area contributed by atoms with E-state index in [1.165, 1.54) is 0 Å². The molecule has 0 aromatic heterocycles. The number of esters is 1. The number of aliphatic hydroxyl groups excluding tert-OH is 3. The van der Waals surface area contributed by atoms with Crippen LogP contribution in [0, 0.1) is 23.7 Å². The summed E-state index contributed by atoms with van der Waals surface area (Å²) >= 11 is 0. The van der Waals surface area contributed by atoms with E-state index in [0.717, 1.165) is 36.8 Å². The van der Waals surface area contributed by atoms with Gasteiger partial charge in [0, 0.05) is 76.7 Å². The van der Waals surface area contributed by atoms with E-state index in [-0.39, 0.29) is 147 Å². The zero-order chi connectivity index (χ0) is 52.9. The first-order valence-corrected chi connectivity index (χ1v) is 30.2. The predicted molar refractivity (Wildman–Crippen MR) is 270 cm³/mol. The zero-order valence-corrected chi connectivity index (χ0v) is 45.6. The van der Waals surface area contributed by atoms with E-state index in [2.05, 4.69) is 40.9 Å².